The van der Waals surface area contributed by atoms with Crippen molar-refractivity contribution in [3.63, 3.8) is 0 Å². The van der Waals surface area contributed by atoms with E-state index in [1.54, 1.807) is 0 Å². The molecular weight excluding hydrogens is 608 g/mol. The minimum atomic E-state index is -1.93. The SMILES string of the molecule is OC[C@@H]1OC2OCC3O[C@H](O[C@@H]4C(O)C(OCC5O[C@H](O[C@H](C2O)C1O)C(O)C(O)[C@@H]5O)O[C@@H](CO)C4O)C(O)C(O)[C@@H]3O. The zero-order valence-electron chi connectivity index (χ0n) is 23.0. The summed E-state index contributed by atoms with van der Waals surface area (Å²) in [6.45, 7) is -2.95. The molecule has 5 aliphatic heterocycles. The summed E-state index contributed by atoms with van der Waals surface area (Å²) in [5.41, 5.74) is 0. The van der Waals surface area contributed by atoms with Gasteiger partial charge in [0.2, 0.25) is 0 Å². The molecule has 44 heavy (non-hydrogen) atoms. The first kappa shape index (κ1) is 34.5. The van der Waals surface area contributed by atoms with Crippen LogP contribution >= 0.6 is 0 Å². The molecule has 20 atom stereocenters. The third kappa shape index (κ3) is 6.50. The minimum absolute atomic E-state index is 0.674. The van der Waals surface area contributed by atoms with Gasteiger partial charge in [0.15, 0.2) is 25.2 Å². The van der Waals surface area contributed by atoms with E-state index in [2.05, 4.69) is 0 Å². The van der Waals surface area contributed by atoms with Crippen molar-refractivity contribution in [2.75, 3.05) is 26.4 Å². The van der Waals surface area contributed by atoms with Gasteiger partial charge in [-0.1, -0.05) is 0 Å². The quantitative estimate of drug-likeness (QED) is 0.132. The first-order valence-electron chi connectivity index (χ1n) is 14.1. The fourth-order valence-corrected chi connectivity index (χ4v) is 5.73. The summed E-state index contributed by atoms with van der Waals surface area (Å²) in [5, 5.41) is 126. The lowest BCUT2D eigenvalue weighted by Gasteiger charge is -2.48. The molecule has 20 nitrogen and oxygen atoms in total. The molecule has 0 aliphatic carbocycles. The zero-order valence-corrected chi connectivity index (χ0v) is 23.0. The third-order valence-electron chi connectivity index (χ3n) is 8.41. The summed E-state index contributed by atoms with van der Waals surface area (Å²) in [4.78, 5) is 0. The van der Waals surface area contributed by atoms with E-state index >= 15 is 0 Å². The predicted molar refractivity (Wildman–Crippen MR) is 131 cm³/mol. The monoisotopic (exact) mass is 648 g/mol. The van der Waals surface area contributed by atoms with Crippen molar-refractivity contribution in [3.8, 4) is 0 Å². The van der Waals surface area contributed by atoms with Gasteiger partial charge in [0.1, 0.15) is 97.7 Å². The largest absolute Gasteiger partial charge is 0.394 e. The van der Waals surface area contributed by atoms with Crippen LogP contribution in [0.5, 0.6) is 0 Å². The van der Waals surface area contributed by atoms with Crippen LogP contribution in [0.2, 0.25) is 0 Å². The standard InChI is InChI=1S/C24H40O20/c25-1-5-11(29)19-17(35)21(39-5)37-3-7-9(27)14(32)16(34)24(42-7)44-20-12(30)6(2-26)40-22(18(20)36)38-4-8-10(28)13(31)15(33)23(41-8)43-19/h5-36H,1-4H2/t5-,6-,7?,8?,9+,10+,11?,12?,13?,14?,15?,16?,17?,18?,19-,20-,21?,22?,23+,24+/m0/s1. The molecule has 5 aliphatic rings. The van der Waals surface area contributed by atoms with E-state index in [9.17, 15) is 61.3 Å². The van der Waals surface area contributed by atoms with Gasteiger partial charge in [-0.25, -0.2) is 0 Å². The highest BCUT2D eigenvalue weighted by Gasteiger charge is 2.54. The first-order chi connectivity index (χ1) is 20.9. The predicted octanol–water partition coefficient (Wildman–Crippen LogP) is -8.70. The average molecular weight is 649 g/mol. The molecule has 0 saturated carbocycles. The summed E-state index contributed by atoms with van der Waals surface area (Å²) in [5.74, 6) is 0. The molecule has 0 aromatic heterocycles. The van der Waals surface area contributed by atoms with Gasteiger partial charge in [-0.2, -0.15) is 0 Å². The van der Waals surface area contributed by atoms with Gasteiger partial charge in [-0.15, -0.1) is 0 Å². The van der Waals surface area contributed by atoms with Crippen LogP contribution in [0, 0.1) is 0 Å². The van der Waals surface area contributed by atoms with Crippen LogP contribution in [0.4, 0.5) is 0 Å². The van der Waals surface area contributed by atoms with Gasteiger partial charge in [0.25, 0.3) is 0 Å². The van der Waals surface area contributed by atoms with Crippen molar-refractivity contribution in [2.24, 2.45) is 0 Å². The van der Waals surface area contributed by atoms with Crippen LogP contribution < -0.4 is 0 Å². The maximum Gasteiger partial charge on any atom is 0.187 e. The topological polar surface area (TPSA) is 317 Å². The molecule has 5 rings (SSSR count). The van der Waals surface area contributed by atoms with Crippen LogP contribution in [0.1, 0.15) is 0 Å². The second kappa shape index (κ2) is 14.1. The smallest absolute Gasteiger partial charge is 0.187 e. The average Bonchev–Trinajstić information content (AvgIpc) is 3.01. The lowest BCUT2D eigenvalue weighted by Crippen LogP contribution is -2.67. The van der Waals surface area contributed by atoms with Crippen molar-refractivity contribution in [1.29, 1.82) is 0 Å². The number of fused-ring (bicyclic) bond motifs is 8. The summed E-state index contributed by atoms with van der Waals surface area (Å²) >= 11 is 0. The van der Waals surface area contributed by atoms with E-state index in [-0.39, 0.29) is 0 Å². The van der Waals surface area contributed by atoms with Crippen molar-refractivity contribution in [1.82, 2.24) is 0 Å². The lowest BCUT2D eigenvalue weighted by molar-refractivity contribution is -0.383. The Hall–Kier alpha value is -0.800. The van der Waals surface area contributed by atoms with Gasteiger partial charge >= 0.3 is 0 Å². The molecule has 0 spiro atoms. The molecule has 0 radical (unpaired) electrons. The third-order valence-corrected chi connectivity index (χ3v) is 8.41. The summed E-state index contributed by atoms with van der Waals surface area (Å²) in [7, 11) is 0. The number of hydrogen-bond acceptors (Lipinski definition) is 20. The molecule has 256 valence electrons. The Kier molecular flexibility index (Phi) is 11.1. The van der Waals surface area contributed by atoms with E-state index in [0.29, 0.717) is 0 Å². The van der Waals surface area contributed by atoms with E-state index in [4.69, 9.17) is 37.9 Å². The van der Waals surface area contributed by atoms with Gasteiger partial charge < -0.3 is 99.2 Å². The molecule has 5 fully saturated rings. The van der Waals surface area contributed by atoms with Crippen molar-refractivity contribution >= 4 is 0 Å². The van der Waals surface area contributed by atoms with Crippen LogP contribution in [0.15, 0.2) is 0 Å². The molecule has 0 aromatic rings. The number of hydrogen-bond donors (Lipinski definition) is 12. The van der Waals surface area contributed by atoms with Crippen molar-refractivity contribution < 1.29 is 99.2 Å². The van der Waals surface area contributed by atoms with Gasteiger partial charge in [0.05, 0.1) is 26.4 Å². The Balaban J connectivity index is 1.47. The fraction of sp³-hybridized carbons (Fsp3) is 1.00. The van der Waals surface area contributed by atoms with E-state index in [1.807, 2.05) is 0 Å². The molecule has 20 heteroatoms. The number of ether oxygens (including phenoxy) is 8. The molecule has 5 saturated heterocycles. The summed E-state index contributed by atoms with van der Waals surface area (Å²) in [6, 6.07) is 0. The van der Waals surface area contributed by atoms with Crippen LogP contribution in [0.3, 0.4) is 0 Å². The molecular formula is C24H40O20. The van der Waals surface area contributed by atoms with Crippen LogP contribution in [0.25, 0.3) is 0 Å². The fourth-order valence-electron chi connectivity index (χ4n) is 5.73. The maximum absolute atomic E-state index is 11.0. The second-order valence-corrected chi connectivity index (χ2v) is 11.3. The number of aliphatic hydroxyl groups is 12. The highest BCUT2D eigenvalue weighted by Crippen LogP contribution is 2.33. The Morgan fingerprint density at radius 1 is 0.364 bits per heavy atom. The van der Waals surface area contributed by atoms with E-state index < -0.39 is 149 Å². The number of rotatable bonds is 2. The summed E-state index contributed by atoms with van der Waals surface area (Å²) < 4.78 is 44.3. The molecule has 0 aromatic carbocycles. The molecule has 0 amide bonds. The Morgan fingerprint density at radius 2 is 0.727 bits per heavy atom. The molecule has 12 N–H and O–H groups in total. The van der Waals surface area contributed by atoms with Gasteiger partial charge in [-0.3, -0.25) is 0 Å². The number of aliphatic hydroxyl groups excluding tert-OH is 12. The summed E-state index contributed by atoms with van der Waals surface area (Å²) in [6.07, 6.45) is -34.8. The lowest BCUT2D eigenvalue weighted by atomic mass is 9.96. The first-order valence-corrected chi connectivity index (χ1v) is 14.1. The highest BCUT2D eigenvalue weighted by atomic mass is 16.8. The Bertz CT molecular complexity index is 860. The van der Waals surface area contributed by atoms with Crippen LogP contribution in [-0.2, 0) is 37.9 Å². The van der Waals surface area contributed by atoms with Crippen molar-refractivity contribution in [3.05, 3.63) is 0 Å². The van der Waals surface area contributed by atoms with E-state index in [0.717, 1.165) is 0 Å². The Morgan fingerprint density at radius 3 is 1.07 bits per heavy atom. The molecule has 12 unspecified atom stereocenters. The zero-order chi connectivity index (χ0) is 32.0. The second-order valence-electron chi connectivity index (χ2n) is 11.3. The van der Waals surface area contributed by atoms with Crippen LogP contribution in [-0.4, -0.2) is 211 Å². The maximum atomic E-state index is 11.0. The van der Waals surface area contributed by atoms with Crippen molar-refractivity contribution in [2.45, 2.75) is 123 Å². The van der Waals surface area contributed by atoms with E-state index in [1.165, 1.54) is 0 Å². The van der Waals surface area contributed by atoms with Gasteiger partial charge in [0, 0.05) is 0 Å². The molecule has 5 heterocycles. The minimum Gasteiger partial charge on any atom is -0.394 e. The Labute approximate surface area is 249 Å². The highest BCUT2D eigenvalue weighted by molar-refractivity contribution is 4.97. The van der Waals surface area contributed by atoms with Gasteiger partial charge in [-0.05, 0) is 0 Å². The molecule has 8 bridgehead atoms. The normalized spacial score (nSPS) is 55.9.